The summed E-state index contributed by atoms with van der Waals surface area (Å²) in [4.78, 5) is 14.9. The van der Waals surface area contributed by atoms with Gasteiger partial charge in [0.05, 0.1) is 6.20 Å². The van der Waals surface area contributed by atoms with Gasteiger partial charge in [0.2, 0.25) is 5.88 Å². The van der Waals surface area contributed by atoms with Gasteiger partial charge in [-0.25, -0.2) is 4.98 Å². The van der Waals surface area contributed by atoms with Gasteiger partial charge in [-0.15, -0.1) is 0 Å². The van der Waals surface area contributed by atoms with E-state index in [2.05, 4.69) is 15.0 Å². The van der Waals surface area contributed by atoms with Crippen LogP contribution in [0.2, 0.25) is 0 Å². The highest BCUT2D eigenvalue weighted by molar-refractivity contribution is 5.83. The van der Waals surface area contributed by atoms with Crippen molar-refractivity contribution in [2.75, 3.05) is 13.2 Å². The maximum atomic E-state index is 11.9. The normalized spacial score (nSPS) is 19.1. The Balaban J connectivity index is 1.89. The number of halogens is 3. The van der Waals surface area contributed by atoms with E-state index in [9.17, 15) is 18.0 Å². The van der Waals surface area contributed by atoms with Crippen LogP contribution < -0.4 is 14.8 Å². The molecule has 104 valence electrons. The lowest BCUT2D eigenvalue weighted by Gasteiger charge is -2.11. The Bertz CT molecular complexity index is 447. The monoisotopic (exact) mass is 276 g/mol. The van der Waals surface area contributed by atoms with Crippen molar-refractivity contribution in [3.63, 3.8) is 0 Å². The maximum Gasteiger partial charge on any atom is 0.422 e. The smallest absolute Gasteiger partial charge is 0.422 e. The molecule has 1 aromatic heterocycles. The lowest BCUT2D eigenvalue weighted by Crippen LogP contribution is -2.27. The van der Waals surface area contributed by atoms with Gasteiger partial charge in [0.25, 0.3) is 5.91 Å². The lowest BCUT2D eigenvalue weighted by molar-refractivity contribution is -0.154. The molecule has 1 saturated heterocycles. The van der Waals surface area contributed by atoms with Crippen LogP contribution in [-0.2, 0) is 4.79 Å². The van der Waals surface area contributed by atoms with Gasteiger partial charge in [-0.05, 0) is 6.07 Å². The zero-order valence-electron chi connectivity index (χ0n) is 9.74. The van der Waals surface area contributed by atoms with Crippen molar-refractivity contribution in [2.24, 2.45) is 0 Å². The number of hydrogen-bond acceptors (Lipinski definition) is 4. The van der Waals surface area contributed by atoms with E-state index in [1.807, 2.05) is 0 Å². The van der Waals surface area contributed by atoms with E-state index >= 15 is 0 Å². The first kappa shape index (κ1) is 13.4. The van der Waals surface area contributed by atoms with Crippen LogP contribution in [-0.4, -0.2) is 36.3 Å². The molecule has 1 aromatic rings. The molecule has 1 aliphatic heterocycles. The fourth-order valence-electron chi connectivity index (χ4n) is 1.53. The molecule has 1 atom stereocenters. The fraction of sp³-hybridized carbons (Fsp3) is 0.455. The van der Waals surface area contributed by atoms with Crippen LogP contribution in [0.25, 0.3) is 0 Å². The minimum absolute atomic E-state index is 0.152. The van der Waals surface area contributed by atoms with Gasteiger partial charge in [-0.3, -0.25) is 4.79 Å². The molecule has 2 rings (SSSR count). The third-order valence-corrected chi connectivity index (χ3v) is 2.37. The van der Waals surface area contributed by atoms with Crippen LogP contribution in [0.15, 0.2) is 18.3 Å². The summed E-state index contributed by atoms with van der Waals surface area (Å²) in [6.45, 7) is -0.852. The quantitative estimate of drug-likeness (QED) is 0.900. The Morgan fingerprint density at radius 2 is 2.21 bits per heavy atom. The predicted molar refractivity (Wildman–Crippen MR) is 57.8 cm³/mol. The van der Waals surface area contributed by atoms with Crippen molar-refractivity contribution in [3.05, 3.63) is 18.3 Å². The molecule has 8 heteroatoms. The maximum absolute atomic E-state index is 11.9. The molecule has 0 aromatic carbocycles. The van der Waals surface area contributed by atoms with Crippen molar-refractivity contribution in [1.29, 1.82) is 0 Å². The number of ether oxygens (including phenoxy) is 2. The highest BCUT2D eigenvalue weighted by Crippen LogP contribution is 2.20. The van der Waals surface area contributed by atoms with Gasteiger partial charge in [0, 0.05) is 19.0 Å². The molecular formula is C11H11F3N2O3. The fourth-order valence-corrected chi connectivity index (χ4v) is 1.53. The molecule has 1 N–H and O–H groups in total. The third kappa shape index (κ3) is 4.01. The topological polar surface area (TPSA) is 60.5 Å². The second kappa shape index (κ2) is 5.33. The van der Waals surface area contributed by atoms with Gasteiger partial charge >= 0.3 is 6.18 Å². The number of hydrogen-bond donors (Lipinski definition) is 1. The van der Waals surface area contributed by atoms with Crippen LogP contribution >= 0.6 is 0 Å². The summed E-state index contributed by atoms with van der Waals surface area (Å²) in [5, 5.41) is 2.60. The molecule has 0 bridgehead atoms. The Morgan fingerprint density at radius 1 is 1.42 bits per heavy atom. The zero-order chi connectivity index (χ0) is 13.9. The molecule has 0 aliphatic carbocycles. The molecule has 2 heterocycles. The van der Waals surface area contributed by atoms with E-state index in [0.29, 0.717) is 18.7 Å². The van der Waals surface area contributed by atoms with Crippen molar-refractivity contribution >= 4 is 5.91 Å². The molecule has 1 amide bonds. The van der Waals surface area contributed by atoms with Crippen molar-refractivity contribution in [1.82, 2.24) is 10.3 Å². The number of aromatic nitrogens is 1. The van der Waals surface area contributed by atoms with Gasteiger partial charge in [0.1, 0.15) is 5.75 Å². The molecule has 0 radical (unpaired) electrons. The molecule has 1 aliphatic rings. The third-order valence-electron chi connectivity index (χ3n) is 2.37. The second-order valence-electron chi connectivity index (χ2n) is 3.92. The van der Waals surface area contributed by atoms with E-state index in [0.717, 1.165) is 0 Å². The number of alkyl halides is 3. The molecule has 0 unspecified atom stereocenters. The average Bonchev–Trinajstić information content (AvgIpc) is 2.73. The summed E-state index contributed by atoms with van der Waals surface area (Å²) in [5.41, 5.74) is 0. The summed E-state index contributed by atoms with van der Waals surface area (Å²) < 4.78 is 45.5. The molecule has 5 nitrogen and oxygen atoms in total. The first-order valence-electron chi connectivity index (χ1n) is 5.54. The van der Waals surface area contributed by atoms with Crippen molar-refractivity contribution in [3.8, 4) is 11.6 Å². The highest BCUT2D eigenvalue weighted by atomic mass is 19.4. The standard InChI is InChI=1S/C11H11F3N2O3/c12-11(13,14)6-18-9-2-1-7(5-16-9)19-8-3-4-15-10(8)17/h1-2,5,8H,3-4,6H2,(H,15,17)/t8-/m1/s1. The van der Waals surface area contributed by atoms with Gasteiger partial charge in [0.15, 0.2) is 12.7 Å². The molecular weight excluding hydrogens is 265 g/mol. The average molecular weight is 276 g/mol. The van der Waals surface area contributed by atoms with E-state index in [4.69, 9.17) is 4.74 Å². The van der Waals surface area contributed by atoms with Crippen LogP contribution in [0, 0.1) is 0 Å². The Morgan fingerprint density at radius 3 is 2.74 bits per heavy atom. The number of pyridine rings is 1. The van der Waals surface area contributed by atoms with Crippen LogP contribution in [0.1, 0.15) is 6.42 Å². The SMILES string of the molecule is O=C1NCC[C@H]1Oc1ccc(OCC(F)(F)F)nc1. The largest absolute Gasteiger partial charge is 0.479 e. The van der Waals surface area contributed by atoms with Crippen LogP contribution in [0.3, 0.4) is 0 Å². The number of amides is 1. The summed E-state index contributed by atoms with van der Waals surface area (Å²) in [7, 11) is 0. The van der Waals surface area contributed by atoms with Gasteiger partial charge < -0.3 is 14.8 Å². The van der Waals surface area contributed by atoms with Crippen LogP contribution in [0.4, 0.5) is 13.2 Å². The molecule has 1 fully saturated rings. The Hall–Kier alpha value is -1.99. The Kier molecular flexibility index (Phi) is 3.77. The minimum Gasteiger partial charge on any atom is -0.479 e. The Labute approximate surface area is 106 Å². The zero-order valence-corrected chi connectivity index (χ0v) is 9.74. The number of rotatable bonds is 4. The highest BCUT2D eigenvalue weighted by Gasteiger charge is 2.29. The van der Waals surface area contributed by atoms with E-state index in [1.54, 1.807) is 0 Å². The number of nitrogens with zero attached hydrogens (tertiary/aromatic N) is 1. The first-order valence-corrected chi connectivity index (χ1v) is 5.54. The lowest BCUT2D eigenvalue weighted by atomic mass is 10.3. The summed E-state index contributed by atoms with van der Waals surface area (Å²) in [6, 6.07) is 2.66. The van der Waals surface area contributed by atoms with Crippen molar-refractivity contribution < 1.29 is 27.4 Å². The van der Waals surface area contributed by atoms with Crippen LogP contribution in [0.5, 0.6) is 11.6 Å². The van der Waals surface area contributed by atoms with E-state index in [-0.39, 0.29) is 11.8 Å². The second-order valence-corrected chi connectivity index (χ2v) is 3.92. The number of nitrogens with one attached hydrogen (secondary N) is 1. The summed E-state index contributed by atoms with van der Waals surface area (Å²) in [5.74, 6) is -0.0562. The molecule has 0 saturated carbocycles. The van der Waals surface area contributed by atoms with Crippen molar-refractivity contribution in [2.45, 2.75) is 18.7 Å². The van der Waals surface area contributed by atoms with Gasteiger partial charge in [-0.1, -0.05) is 0 Å². The molecule has 0 spiro atoms. The number of carbonyl (C=O) groups is 1. The van der Waals surface area contributed by atoms with Gasteiger partial charge in [-0.2, -0.15) is 13.2 Å². The molecule has 19 heavy (non-hydrogen) atoms. The van der Waals surface area contributed by atoms with E-state index in [1.165, 1.54) is 18.3 Å². The first-order chi connectivity index (χ1) is 8.94. The predicted octanol–water partition coefficient (Wildman–Crippen LogP) is 1.29. The summed E-state index contributed by atoms with van der Waals surface area (Å²) in [6.07, 6.45) is -3.22. The summed E-state index contributed by atoms with van der Waals surface area (Å²) >= 11 is 0. The van der Waals surface area contributed by atoms with E-state index < -0.39 is 18.9 Å². The number of carbonyl (C=O) groups excluding carboxylic acids is 1. The minimum atomic E-state index is -4.40.